The predicted octanol–water partition coefficient (Wildman–Crippen LogP) is 2.95. The Kier molecular flexibility index (Phi) is 4.18. The first-order valence-corrected chi connectivity index (χ1v) is 6.96. The van der Waals surface area contributed by atoms with Gasteiger partial charge < -0.3 is 10.4 Å². The standard InChI is InChI=1S/C15H13NO4S/c1-8-3-5-10(6-4-8)12-7-11(13(21-12)9(2)17)16-14(18)15(19)20/h3-7H,1-2H3,(H,16,18)(H,19,20). The number of nitrogens with one attached hydrogen (secondary N) is 1. The van der Waals surface area contributed by atoms with Crippen molar-refractivity contribution in [2.24, 2.45) is 0 Å². The van der Waals surface area contributed by atoms with Gasteiger partial charge in [-0.2, -0.15) is 0 Å². The summed E-state index contributed by atoms with van der Waals surface area (Å²) >= 11 is 1.22. The van der Waals surface area contributed by atoms with E-state index in [4.69, 9.17) is 5.11 Å². The smallest absolute Gasteiger partial charge is 0.394 e. The third-order valence-electron chi connectivity index (χ3n) is 2.83. The number of rotatable bonds is 3. The summed E-state index contributed by atoms with van der Waals surface area (Å²) in [6.07, 6.45) is 0. The van der Waals surface area contributed by atoms with Crippen LogP contribution in [0, 0.1) is 6.92 Å². The van der Waals surface area contributed by atoms with E-state index in [1.54, 1.807) is 6.07 Å². The van der Waals surface area contributed by atoms with Gasteiger partial charge in [-0.25, -0.2) is 4.79 Å². The van der Waals surface area contributed by atoms with Crippen LogP contribution >= 0.6 is 11.3 Å². The summed E-state index contributed by atoms with van der Waals surface area (Å²) in [6, 6.07) is 9.32. The number of carboxylic acid groups (broad SMARTS) is 1. The van der Waals surface area contributed by atoms with Crippen LogP contribution in [0.15, 0.2) is 30.3 Å². The van der Waals surface area contributed by atoms with E-state index >= 15 is 0 Å². The monoisotopic (exact) mass is 303 g/mol. The lowest BCUT2D eigenvalue weighted by atomic mass is 10.1. The third-order valence-corrected chi connectivity index (χ3v) is 4.12. The van der Waals surface area contributed by atoms with Gasteiger partial charge in [0, 0.05) is 11.8 Å². The van der Waals surface area contributed by atoms with Crippen molar-refractivity contribution in [2.45, 2.75) is 13.8 Å². The Morgan fingerprint density at radius 3 is 2.29 bits per heavy atom. The Morgan fingerprint density at radius 2 is 1.76 bits per heavy atom. The molecular weight excluding hydrogens is 290 g/mol. The summed E-state index contributed by atoms with van der Waals surface area (Å²) in [7, 11) is 0. The number of carbonyl (C=O) groups is 3. The minimum atomic E-state index is -1.59. The molecule has 0 unspecified atom stereocenters. The van der Waals surface area contributed by atoms with Gasteiger partial charge in [-0.05, 0) is 18.6 Å². The van der Waals surface area contributed by atoms with Gasteiger partial charge in [-0.1, -0.05) is 29.8 Å². The number of ketones is 1. The number of Topliss-reactive ketones (excluding diaryl/α,β-unsaturated/α-hetero) is 1. The molecule has 2 aromatic rings. The summed E-state index contributed by atoms with van der Waals surface area (Å²) < 4.78 is 0. The van der Waals surface area contributed by atoms with Crippen molar-refractivity contribution in [1.29, 1.82) is 0 Å². The van der Waals surface area contributed by atoms with Crippen LogP contribution in [-0.4, -0.2) is 22.8 Å². The average molecular weight is 303 g/mol. The Bertz CT molecular complexity index is 716. The van der Waals surface area contributed by atoms with Crippen molar-refractivity contribution in [2.75, 3.05) is 5.32 Å². The minimum Gasteiger partial charge on any atom is -0.474 e. The number of hydrogen-bond acceptors (Lipinski definition) is 4. The molecule has 0 aliphatic rings. The minimum absolute atomic E-state index is 0.223. The normalized spacial score (nSPS) is 10.2. The SMILES string of the molecule is CC(=O)c1sc(-c2ccc(C)cc2)cc1NC(=O)C(=O)O. The largest absolute Gasteiger partial charge is 0.474 e. The van der Waals surface area contributed by atoms with E-state index in [1.807, 2.05) is 31.2 Å². The molecule has 1 aromatic carbocycles. The Labute approximate surface area is 125 Å². The van der Waals surface area contributed by atoms with Crippen LogP contribution in [-0.2, 0) is 9.59 Å². The lowest BCUT2D eigenvalue weighted by Crippen LogP contribution is -2.22. The molecule has 1 aromatic heterocycles. The van der Waals surface area contributed by atoms with E-state index < -0.39 is 11.9 Å². The molecule has 0 radical (unpaired) electrons. The van der Waals surface area contributed by atoms with Crippen molar-refractivity contribution < 1.29 is 19.5 Å². The van der Waals surface area contributed by atoms with Crippen LogP contribution in [0.25, 0.3) is 10.4 Å². The zero-order chi connectivity index (χ0) is 15.6. The maximum atomic E-state index is 11.6. The highest BCUT2D eigenvalue weighted by molar-refractivity contribution is 7.18. The van der Waals surface area contributed by atoms with E-state index in [9.17, 15) is 14.4 Å². The van der Waals surface area contributed by atoms with E-state index in [1.165, 1.54) is 18.3 Å². The molecule has 0 saturated carbocycles. The molecule has 108 valence electrons. The number of carboxylic acids is 1. The molecule has 6 heteroatoms. The van der Waals surface area contributed by atoms with E-state index in [0.717, 1.165) is 16.0 Å². The van der Waals surface area contributed by atoms with Crippen LogP contribution in [0.5, 0.6) is 0 Å². The third kappa shape index (κ3) is 3.35. The van der Waals surface area contributed by atoms with Crippen LogP contribution in [0.3, 0.4) is 0 Å². The Morgan fingerprint density at radius 1 is 1.14 bits per heavy atom. The maximum Gasteiger partial charge on any atom is 0.394 e. The predicted molar refractivity (Wildman–Crippen MR) is 80.8 cm³/mol. The van der Waals surface area contributed by atoms with Gasteiger partial charge in [0.2, 0.25) is 0 Å². The molecule has 5 nitrogen and oxygen atoms in total. The highest BCUT2D eigenvalue weighted by atomic mass is 32.1. The first-order valence-electron chi connectivity index (χ1n) is 6.14. The first kappa shape index (κ1) is 14.9. The van der Waals surface area contributed by atoms with Gasteiger partial charge in [0.05, 0.1) is 10.6 Å². The number of anilines is 1. The summed E-state index contributed by atoms with van der Waals surface area (Å²) in [4.78, 5) is 34.6. The van der Waals surface area contributed by atoms with E-state index in [2.05, 4.69) is 5.32 Å². The lowest BCUT2D eigenvalue weighted by Gasteiger charge is -2.00. The highest BCUT2D eigenvalue weighted by Gasteiger charge is 2.19. The highest BCUT2D eigenvalue weighted by Crippen LogP contribution is 2.35. The molecule has 0 atom stereocenters. The summed E-state index contributed by atoms with van der Waals surface area (Å²) in [5.74, 6) is -2.97. The molecule has 0 aliphatic heterocycles. The molecule has 0 fully saturated rings. The fourth-order valence-corrected chi connectivity index (χ4v) is 2.80. The van der Waals surface area contributed by atoms with Gasteiger partial charge >= 0.3 is 11.9 Å². The van der Waals surface area contributed by atoms with Crippen molar-refractivity contribution in [3.8, 4) is 10.4 Å². The second-order valence-electron chi connectivity index (χ2n) is 4.53. The number of carbonyl (C=O) groups excluding carboxylic acids is 2. The maximum absolute atomic E-state index is 11.6. The van der Waals surface area contributed by atoms with Crippen molar-refractivity contribution in [1.82, 2.24) is 0 Å². The van der Waals surface area contributed by atoms with Gasteiger partial charge in [0.25, 0.3) is 0 Å². The molecule has 1 heterocycles. The van der Waals surface area contributed by atoms with Gasteiger partial charge in [-0.3, -0.25) is 9.59 Å². The molecule has 2 N–H and O–H groups in total. The number of benzene rings is 1. The molecule has 1 amide bonds. The van der Waals surface area contributed by atoms with Crippen molar-refractivity contribution in [3.63, 3.8) is 0 Å². The number of hydrogen-bond donors (Lipinski definition) is 2. The molecule has 0 bridgehead atoms. The molecule has 21 heavy (non-hydrogen) atoms. The quantitative estimate of drug-likeness (QED) is 0.674. The summed E-state index contributed by atoms with van der Waals surface area (Å²) in [5, 5.41) is 10.9. The van der Waals surface area contributed by atoms with Crippen LogP contribution in [0.1, 0.15) is 22.2 Å². The zero-order valence-electron chi connectivity index (χ0n) is 11.5. The van der Waals surface area contributed by atoms with Gasteiger partial charge in [0.15, 0.2) is 5.78 Å². The Hall–Kier alpha value is -2.47. The molecular formula is C15H13NO4S. The summed E-state index contributed by atoms with van der Waals surface area (Å²) in [5.41, 5.74) is 2.25. The van der Waals surface area contributed by atoms with Crippen LogP contribution < -0.4 is 5.32 Å². The molecule has 0 spiro atoms. The number of amides is 1. The average Bonchev–Trinajstić information content (AvgIpc) is 2.83. The topological polar surface area (TPSA) is 83.5 Å². The van der Waals surface area contributed by atoms with E-state index in [-0.39, 0.29) is 11.5 Å². The zero-order valence-corrected chi connectivity index (χ0v) is 12.3. The lowest BCUT2D eigenvalue weighted by molar-refractivity contribution is -0.147. The van der Waals surface area contributed by atoms with Crippen LogP contribution in [0.2, 0.25) is 0 Å². The molecule has 0 aliphatic carbocycles. The van der Waals surface area contributed by atoms with Gasteiger partial charge in [-0.15, -0.1) is 11.3 Å². The van der Waals surface area contributed by atoms with E-state index in [0.29, 0.717) is 4.88 Å². The Balaban J connectivity index is 2.41. The first-order chi connectivity index (χ1) is 9.88. The number of aryl methyl sites for hydroxylation is 1. The van der Waals surface area contributed by atoms with Crippen molar-refractivity contribution >= 4 is 34.7 Å². The second kappa shape index (κ2) is 5.88. The number of thiophene rings is 1. The molecule has 0 saturated heterocycles. The fourth-order valence-electron chi connectivity index (χ4n) is 1.78. The van der Waals surface area contributed by atoms with Gasteiger partial charge in [0.1, 0.15) is 0 Å². The second-order valence-corrected chi connectivity index (χ2v) is 5.59. The summed E-state index contributed by atoms with van der Waals surface area (Å²) in [6.45, 7) is 3.35. The number of aliphatic carboxylic acids is 1. The fraction of sp³-hybridized carbons (Fsp3) is 0.133. The molecule has 2 rings (SSSR count). The van der Waals surface area contributed by atoms with Crippen LogP contribution in [0.4, 0.5) is 5.69 Å². The van der Waals surface area contributed by atoms with Crippen molar-refractivity contribution in [3.05, 3.63) is 40.8 Å².